The third kappa shape index (κ3) is 3.30. The molecule has 1 aromatic heterocycles. The van der Waals surface area contributed by atoms with Crippen LogP contribution in [0.5, 0.6) is 5.75 Å². The van der Waals surface area contributed by atoms with Gasteiger partial charge >= 0.3 is 0 Å². The second-order valence-corrected chi connectivity index (χ2v) is 3.96. The number of ketones is 1. The molecule has 0 aliphatic rings. The van der Waals surface area contributed by atoms with E-state index in [0.717, 1.165) is 6.54 Å². The lowest BCUT2D eigenvalue weighted by Gasteiger charge is -2.12. The van der Waals surface area contributed by atoms with E-state index in [1.165, 1.54) is 0 Å². The molecule has 0 radical (unpaired) electrons. The zero-order valence-electron chi connectivity index (χ0n) is 11.0. The fraction of sp³-hybridized carbons (Fsp3) is 0.667. The van der Waals surface area contributed by atoms with Gasteiger partial charge in [0.25, 0.3) is 0 Å². The molecule has 1 rings (SSSR count). The van der Waals surface area contributed by atoms with Crippen LogP contribution >= 0.6 is 0 Å². The maximum atomic E-state index is 12.2. The number of Topliss-reactive ketones (excluding diaryl/α,β-unsaturated/α-hetero) is 1. The minimum Gasteiger partial charge on any atom is -0.493 e. The van der Waals surface area contributed by atoms with Gasteiger partial charge in [0.15, 0.2) is 11.5 Å². The number of carbonyl (C=O) groups is 1. The number of ether oxygens (including phenoxy) is 1. The number of nitrogens with zero attached hydrogens (tertiary/aromatic N) is 2. The number of methoxy groups -OCH3 is 1. The Morgan fingerprint density at radius 3 is 2.82 bits per heavy atom. The van der Waals surface area contributed by atoms with E-state index in [1.807, 2.05) is 20.8 Å². The third-order valence-electron chi connectivity index (χ3n) is 2.63. The summed E-state index contributed by atoms with van der Waals surface area (Å²) in [5.74, 6) is 0.621. The molecule has 1 unspecified atom stereocenters. The highest BCUT2D eigenvalue weighted by Crippen LogP contribution is 2.19. The van der Waals surface area contributed by atoms with Crippen molar-refractivity contribution in [2.45, 2.75) is 39.8 Å². The summed E-state index contributed by atoms with van der Waals surface area (Å²) in [5, 5.41) is 7.35. The fourth-order valence-electron chi connectivity index (χ4n) is 1.83. The molecule has 17 heavy (non-hydrogen) atoms. The van der Waals surface area contributed by atoms with Gasteiger partial charge < -0.3 is 10.1 Å². The second kappa shape index (κ2) is 6.39. The van der Waals surface area contributed by atoms with Crippen molar-refractivity contribution >= 4 is 5.78 Å². The van der Waals surface area contributed by atoms with Gasteiger partial charge in [-0.1, -0.05) is 6.92 Å². The van der Waals surface area contributed by atoms with E-state index in [2.05, 4.69) is 10.4 Å². The molecule has 1 N–H and O–H groups in total. The Morgan fingerprint density at radius 2 is 2.29 bits per heavy atom. The largest absolute Gasteiger partial charge is 0.493 e. The lowest BCUT2D eigenvalue weighted by atomic mass is 10.1. The second-order valence-electron chi connectivity index (χ2n) is 3.96. The SMILES string of the molecule is CCNC(C)CC(=O)c1c(OC)cnn1CC. The Labute approximate surface area is 102 Å². The molecular formula is C12H21N3O2. The summed E-state index contributed by atoms with van der Waals surface area (Å²) >= 11 is 0. The van der Waals surface area contributed by atoms with Crippen molar-refractivity contribution in [2.24, 2.45) is 0 Å². The molecular weight excluding hydrogens is 218 g/mol. The van der Waals surface area contributed by atoms with Gasteiger partial charge in [0.1, 0.15) is 5.69 Å². The lowest BCUT2D eigenvalue weighted by molar-refractivity contribution is 0.0958. The van der Waals surface area contributed by atoms with Gasteiger partial charge in [0.2, 0.25) is 0 Å². The lowest BCUT2D eigenvalue weighted by Crippen LogP contribution is -2.29. The van der Waals surface area contributed by atoms with Crippen molar-refractivity contribution in [3.8, 4) is 5.75 Å². The molecule has 5 heteroatoms. The highest BCUT2D eigenvalue weighted by molar-refractivity contribution is 5.97. The van der Waals surface area contributed by atoms with Crippen LogP contribution < -0.4 is 10.1 Å². The van der Waals surface area contributed by atoms with Gasteiger partial charge in [-0.25, -0.2) is 0 Å². The Hall–Kier alpha value is -1.36. The summed E-state index contributed by atoms with van der Waals surface area (Å²) in [5.41, 5.74) is 0.569. The molecule has 1 heterocycles. The standard InChI is InChI=1S/C12H21N3O2/c1-5-13-9(3)7-10(16)12-11(17-4)8-14-15(12)6-2/h8-9,13H,5-7H2,1-4H3. The molecule has 0 spiro atoms. The zero-order chi connectivity index (χ0) is 12.8. The van der Waals surface area contributed by atoms with Crippen molar-refractivity contribution < 1.29 is 9.53 Å². The predicted octanol–water partition coefficient (Wildman–Crippen LogP) is 1.48. The van der Waals surface area contributed by atoms with E-state index in [9.17, 15) is 4.79 Å². The summed E-state index contributed by atoms with van der Waals surface area (Å²) in [4.78, 5) is 12.2. The molecule has 0 amide bonds. The molecule has 0 bridgehead atoms. The van der Waals surface area contributed by atoms with E-state index < -0.39 is 0 Å². The summed E-state index contributed by atoms with van der Waals surface area (Å²) in [6.07, 6.45) is 2.05. The smallest absolute Gasteiger partial charge is 0.186 e. The van der Waals surface area contributed by atoms with E-state index in [-0.39, 0.29) is 11.8 Å². The topological polar surface area (TPSA) is 56.1 Å². The minimum atomic E-state index is 0.0645. The first-order valence-corrected chi connectivity index (χ1v) is 6.00. The van der Waals surface area contributed by atoms with Gasteiger partial charge in [0.05, 0.1) is 13.3 Å². The number of hydrogen-bond donors (Lipinski definition) is 1. The average Bonchev–Trinajstić information content (AvgIpc) is 2.71. The highest BCUT2D eigenvalue weighted by atomic mass is 16.5. The maximum absolute atomic E-state index is 12.2. The van der Waals surface area contributed by atoms with Crippen molar-refractivity contribution in [3.63, 3.8) is 0 Å². The zero-order valence-corrected chi connectivity index (χ0v) is 11.0. The minimum absolute atomic E-state index is 0.0645. The Kier molecular flexibility index (Phi) is 5.15. The van der Waals surface area contributed by atoms with E-state index in [4.69, 9.17) is 4.74 Å². The molecule has 1 aromatic rings. The average molecular weight is 239 g/mol. The first-order valence-electron chi connectivity index (χ1n) is 6.00. The Bertz CT molecular complexity index is 352. The fourth-order valence-corrected chi connectivity index (χ4v) is 1.83. The molecule has 96 valence electrons. The number of aromatic nitrogens is 2. The number of nitrogens with one attached hydrogen (secondary N) is 1. The van der Waals surface area contributed by atoms with Gasteiger partial charge in [-0.2, -0.15) is 5.10 Å². The van der Waals surface area contributed by atoms with Crippen LogP contribution in [-0.2, 0) is 6.54 Å². The van der Waals surface area contributed by atoms with E-state index in [1.54, 1.807) is 18.0 Å². The van der Waals surface area contributed by atoms with Crippen LogP contribution in [0.2, 0.25) is 0 Å². The first kappa shape index (κ1) is 13.7. The quantitative estimate of drug-likeness (QED) is 0.732. The maximum Gasteiger partial charge on any atom is 0.186 e. The van der Waals surface area contributed by atoms with Crippen LogP contribution in [0.25, 0.3) is 0 Å². The van der Waals surface area contributed by atoms with Crippen LogP contribution in [0.1, 0.15) is 37.7 Å². The number of hydrogen-bond acceptors (Lipinski definition) is 4. The molecule has 5 nitrogen and oxygen atoms in total. The predicted molar refractivity (Wildman–Crippen MR) is 66.5 cm³/mol. The first-order chi connectivity index (χ1) is 8.13. The molecule has 0 fully saturated rings. The van der Waals surface area contributed by atoms with Crippen molar-refractivity contribution in [2.75, 3.05) is 13.7 Å². The molecule has 0 aliphatic heterocycles. The van der Waals surface area contributed by atoms with E-state index in [0.29, 0.717) is 24.4 Å². The molecule has 0 aliphatic carbocycles. The Morgan fingerprint density at radius 1 is 1.59 bits per heavy atom. The molecule has 0 saturated heterocycles. The van der Waals surface area contributed by atoms with E-state index >= 15 is 0 Å². The van der Waals surface area contributed by atoms with Gasteiger partial charge in [0, 0.05) is 19.0 Å². The number of aryl methyl sites for hydroxylation is 1. The van der Waals surface area contributed by atoms with Gasteiger partial charge in [-0.3, -0.25) is 9.48 Å². The summed E-state index contributed by atoms with van der Waals surface area (Å²) in [6, 6.07) is 0.164. The number of carbonyl (C=O) groups excluding carboxylic acids is 1. The number of rotatable bonds is 7. The third-order valence-corrected chi connectivity index (χ3v) is 2.63. The van der Waals surface area contributed by atoms with Crippen LogP contribution in [0, 0.1) is 0 Å². The van der Waals surface area contributed by atoms with Crippen LogP contribution in [0.4, 0.5) is 0 Å². The molecule has 1 atom stereocenters. The van der Waals surface area contributed by atoms with Crippen molar-refractivity contribution in [1.29, 1.82) is 0 Å². The van der Waals surface area contributed by atoms with Crippen LogP contribution in [0.15, 0.2) is 6.20 Å². The van der Waals surface area contributed by atoms with Crippen LogP contribution in [-0.4, -0.2) is 35.3 Å². The Balaban J connectivity index is 2.83. The normalized spacial score (nSPS) is 12.5. The van der Waals surface area contributed by atoms with Crippen LogP contribution in [0.3, 0.4) is 0 Å². The summed E-state index contributed by atoms with van der Waals surface area (Å²) in [6.45, 7) is 7.51. The molecule has 0 saturated carbocycles. The van der Waals surface area contributed by atoms with Crippen molar-refractivity contribution in [3.05, 3.63) is 11.9 Å². The van der Waals surface area contributed by atoms with Gasteiger partial charge in [-0.15, -0.1) is 0 Å². The highest BCUT2D eigenvalue weighted by Gasteiger charge is 2.20. The summed E-state index contributed by atoms with van der Waals surface area (Å²) < 4.78 is 6.85. The van der Waals surface area contributed by atoms with Crippen molar-refractivity contribution in [1.82, 2.24) is 15.1 Å². The monoisotopic (exact) mass is 239 g/mol. The van der Waals surface area contributed by atoms with Gasteiger partial charge in [-0.05, 0) is 20.4 Å². The summed E-state index contributed by atoms with van der Waals surface area (Å²) in [7, 11) is 1.56. The molecule has 0 aromatic carbocycles.